The molecule has 0 N–H and O–H groups in total. The first kappa shape index (κ1) is 15.7. The summed E-state index contributed by atoms with van der Waals surface area (Å²) in [4.78, 5) is 20.1. The van der Waals surface area contributed by atoms with E-state index < -0.39 is 5.82 Å². The molecule has 1 fully saturated rings. The molecule has 2 aliphatic rings. The normalized spacial score (nSPS) is 22.7. The second-order valence-corrected chi connectivity index (χ2v) is 6.33. The number of urea groups is 1. The summed E-state index contributed by atoms with van der Waals surface area (Å²) in [6, 6.07) is 4.32. The number of carbonyl (C=O) groups is 1. The highest BCUT2D eigenvalue weighted by atomic mass is 19.1. The standard InChI is InChI=1S/C16H20FN3O3/c1-16(2)8-23-10-20(16)15(21)19-7-13(18-9-19)11-4-5-14(22-3)12(17)6-11/h4-6,9,13H,7-8,10H2,1-3H3. The second kappa shape index (κ2) is 5.81. The molecule has 1 atom stereocenters. The minimum absolute atomic E-state index is 0.146. The number of nitrogens with zero attached hydrogens (tertiary/aromatic N) is 3. The molecule has 7 heteroatoms. The Balaban J connectivity index is 1.70. The number of methoxy groups -OCH3 is 1. The number of hydrogen-bond acceptors (Lipinski definition) is 4. The highest BCUT2D eigenvalue weighted by Crippen LogP contribution is 2.29. The molecule has 124 valence electrons. The van der Waals surface area contributed by atoms with Gasteiger partial charge in [0.25, 0.3) is 0 Å². The number of aliphatic imine (C=N–C) groups is 1. The van der Waals surface area contributed by atoms with Crippen molar-refractivity contribution in [3.63, 3.8) is 0 Å². The van der Waals surface area contributed by atoms with Gasteiger partial charge in [-0.25, -0.2) is 9.18 Å². The zero-order valence-corrected chi connectivity index (χ0v) is 13.5. The molecule has 1 aromatic rings. The van der Waals surface area contributed by atoms with Gasteiger partial charge in [0.05, 0.1) is 38.2 Å². The minimum atomic E-state index is -0.431. The highest BCUT2D eigenvalue weighted by Gasteiger charge is 2.39. The van der Waals surface area contributed by atoms with E-state index in [4.69, 9.17) is 9.47 Å². The first-order valence-electron chi connectivity index (χ1n) is 7.45. The summed E-state index contributed by atoms with van der Waals surface area (Å²) in [6.07, 6.45) is 1.52. The van der Waals surface area contributed by atoms with E-state index in [9.17, 15) is 9.18 Å². The van der Waals surface area contributed by atoms with Crippen LogP contribution in [-0.4, -0.2) is 54.7 Å². The molecule has 0 radical (unpaired) electrons. The molecule has 0 aliphatic carbocycles. The fraction of sp³-hybridized carbons (Fsp3) is 0.500. The number of amides is 2. The molecule has 1 unspecified atom stereocenters. The average Bonchev–Trinajstić information content (AvgIpc) is 3.13. The van der Waals surface area contributed by atoms with Crippen LogP contribution < -0.4 is 4.74 Å². The first-order valence-corrected chi connectivity index (χ1v) is 7.45. The van der Waals surface area contributed by atoms with Gasteiger partial charge in [-0.15, -0.1) is 0 Å². The largest absolute Gasteiger partial charge is 0.494 e. The maximum atomic E-state index is 13.8. The second-order valence-electron chi connectivity index (χ2n) is 6.33. The molecular weight excluding hydrogens is 301 g/mol. The number of carbonyl (C=O) groups excluding carboxylic acids is 1. The molecule has 2 heterocycles. The third kappa shape index (κ3) is 2.88. The Bertz CT molecular complexity index is 647. The van der Waals surface area contributed by atoms with E-state index >= 15 is 0 Å². The van der Waals surface area contributed by atoms with Crippen LogP contribution in [0.3, 0.4) is 0 Å². The summed E-state index contributed by atoms with van der Waals surface area (Å²) in [5.74, 6) is -0.237. The van der Waals surface area contributed by atoms with Crippen LogP contribution in [0.2, 0.25) is 0 Å². The monoisotopic (exact) mass is 321 g/mol. The number of hydrogen-bond donors (Lipinski definition) is 0. The van der Waals surface area contributed by atoms with Crippen LogP contribution in [-0.2, 0) is 4.74 Å². The van der Waals surface area contributed by atoms with E-state index in [0.717, 1.165) is 0 Å². The van der Waals surface area contributed by atoms with E-state index in [0.29, 0.717) is 18.7 Å². The number of rotatable bonds is 2. The van der Waals surface area contributed by atoms with Gasteiger partial charge in [0, 0.05) is 0 Å². The van der Waals surface area contributed by atoms with Crippen molar-refractivity contribution in [2.45, 2.75) is 25.4 Å². The zero-order chi connectivity index (χ0) is 16.6. The van der Waals surface area contributed by atoms with Crippen molar-refractivity contribution in [3.05, 3.63) is 29.6 Å². The first-order chi connectivity index (χ1) is 10.9. The predicted molar refractivity (Wildman–Crippen MR) is 83.0 cm³/mol. The van der Waals surface area contributed by atoms with Crippen LogP contribution in [0.5, 0.6) is 5.75 Å². The molecule has 2 amide bonds. The van der Waals surface area contributed by atoms with Gasteiger partial charge < -0.3 is 9.47 Å². The summed E-state index contributed by atoms with van der Waals surface area (Å²) in [5, 5.41) is 0. The third-order valence-electron chi connectivity index (χ3n) is 4.20. The maximum Gasteiger partial charge on any atom is 0.327 e. The lowest BCUT2D eigenvalue weighted by atomic mass is 10.1. The van der Waals surface area contributed by atoms with Gasteiger partial charge in [-0.1, -0.05) is 6.07 Å². The van der Waals surface area contributed by atoms with E-state index in [-0.39, 0.29) is 30.1 Å². The molecule has 1 aromatic carbocycles. The summed E-state index contributed by atoms with van der Waals surface area (Å²) < 4.78 is 24.1. The van der Waals surface area contributed by atoms with Gasteiger partial charge in [-0.2, -0.15) is 0 Å². The van der Waals surface area contributed by atoms with E-state index in [2.05, 4.69) is 4.99 Å². The fourth-order valence-electron chi connectivity index (χ4n) is 2.76. The van der Waals surface area contributed by atoms with Crippen molar-refractivity contribution in [2.24, 2.45) is 4.99 Å². The van der Waals surface area contributed by atoms with Crippen LogP contribution in [0.15, 0.2) is 23.2 Å². The lowest BCUT2D eigenvalue weighted by Gasteiger charge is -2.31. The maximum absolute atomic E-state index is 13.8. The number of benzene rings is 1. The Labute approximate surface area is 134 Å². The molecule has 0 aromatic heterocycles. The van der Waals surface area contributed by atoms with Crippen molar-refractivity contribution in [1.29, 1.82) is 0 Å². The van der Waals surface area contributed by atoms with Gasteiger partial charge in [-0.3, -0.25) is 14.8 Å². The van der Waals surface area contributed by atoms with E-state index in [1.165, 1.54) is 19.5 Å². The Morgan fingerprint density at radius 2 is 2.26 bits per heavy atom. The number of ether oxygens (including phenoxy) is 2. The van der Waals surface area contributed by atoms with Gasteiger partial charge in [-0.05, 0) is 31.5 Å². The average molecular weight is 321 g/mol. The van der Waals surface area contributed by atoms with Crippen LogP contribution in [0, 0.1) is 5.82 Å². The lowest BCUT2D eigenvalue weighted by molar-refractivity contribution is 0.126. The predicted octanol–water partition coefficient (Wildman–Crippen LogP) is 2.41. The molecule has 3 rings (SSSR count). The molecule has 2 aliphatic heterocycles. The zero-order valence-electron chi connectivity index (χ0n) is 13.5. The molecular formula is C16H20FN3O3. The molecule has 6 nitrogen and oxygen atoms in total. The van der Waals surface area contributed by atoms with Crippen molar-refractivity contribution in [3.8, 4) is 5.75 Å². The van der Waals surface area contributed by atoms with Gasteiger partial charge in [0.15, 0.2) is 11.6 Å². The smallest absolute Gasteiger partial charge is 0.327 e. The van der Waals surface area contributed by atoms with Gasteiger partial charge >= 0.3 is 6.03 Å². The van der Waals surface area contributed by atoms with Crippen molar-refractivity contribution in [2.75, 3.05) is 27.0 Å². The molecule has 0 bridgehead atoms. The van der Waals surface area contributed by atoms with Crippen LogP contribution in [0.1, 0.15) is 25.5 Å². The Hall–Kier alpha value is -2.15. The Morgan fingerprint density at radius 3 is 2.87 bits per heavy atom. The quantitative estimate of drug-likeness (QED) is 0.840. The molecule has 1 saturated heterocycles. The van der Waals surface area contributed by atoms with E-state index in [1.807, 2.05) is 13.8 Å². The molecule has 0 spiro atoms. The van der Waals surface area contributed by atoms with Crippen LogP contribution in [0.25, 0.3) is 0 Å². The molecule has 0 saturated carbocycles. The van der Waals surface area contributed by atoms with Crippen LogP contribution in [0.4, 0.5) is 9.18 Å². The van der Waals surface area contributed by atoms with Crippen LogP contribution >= 0.6 is 0 Å². The summed E-state index contributed by atoms with van der Waals surface area (Å²) >= 11 is 0. The minimum Gasteiger partial charge on any atom is -0.494 e. The van der Waals surface area contributed by atoms with Gasteiger partial charge in [0.1, 0.15) is 6.73 Å². The van der Waals surface area contributed by atoms with Crippen molar-refractivity contribution >= 4 is 12.4 Å². The van der Waals surface area contributed by atoms with Crippen molar-refractivity contribution < 1.29 is 18.7 Å². The van der Waals surface area contributed by atoms with E-state index in [1.54, 1.807) is 21.9 Å². The SMILES string of the molecule is COc1ccc(C2CN(C(=O)N3COCC3(C)C)C=N2)cc1F. The van der Waals surface area contributed by atoms with Gasteiger partial charge in [0.2, 0.25) is 0 Å². The lowest BCUT2D eigenvalue weighted by Crippen LogP contribution is -2.50. The topological polar surface area (TPSA) is 54.4 Å². The fourth-order valence-corrected chi connectivity index (χ4v) is 2.76. The van der Waals surface area contributed by atoms with Crippen molar-refractivity contribution in [1.82, 2.24) is 9.80 Å². The summed E-state index contributed by atoms with van der Waals surface area (Å²) in [5.41, 5.74) is 0.377. The Morgan fingerprint density at radius 1 is 1.48 bits per heavy atom. The summed E-state index contributed by atoms with van der Waals surface area (Å²) in [7, 11) is 1.42. The molecule has 23 heavy (non-hydrogen) atoms. The Kier molecular flexibility index (Phi) is 3.97. The number of halogens is 1. The summed E-state index contributed by atoms with van der Waals surface area (Å²) in [6.45, 7) is 5.09. The highest BCUT2D eigenvalue weighted by molar-refractivity contribution is 5.88. The third-order valence-corrected chi connectivity index (χ3v) is 4.20.